The van der Waals surface area contributed by atoms with Crippen molar-refractivity contribution in [3.05, 3.63) is 0 Å². The van der Waals surface area contributed by atoms with E-state index in [9.17, 15) is 0 Å². The first kappa shape index (κ1) is 11.0. The molecule has 3 nitrogen and oxygen atoms in total. The molecule has 4 rings (SSSR count). The van der Waals surface area contributed by atoms with E-state index in [4.69, 9.17) is 0 Å². The highest BCUT2D eigenvalue weighted by Crippen LogP contribution is 2.53. The first-order chi connectivity index (χ1) is 5.23. The fraction of sp³-hybridized carbons (Fsp3) is 1.00. The van der Waals surface area contributed by atoms with Crippen LogP contribution in [0.3, 0.4) is 0 Å². The van der Waals surface area contributed by atoms with Gasteiger partial charge in [-0.2, -0.15) is 0 Å². The molecule has 0 atom stereocenters. The van der Waals surface area contributed by atoms with E-state index < -0.39 is 0 Å². The van der Waals surface area contributed by atoms with Crippen molar-refractivity contribution < 1.29 is 16.7 Å². The van der Waals surface area contributed by atoms with Gasteiger partial charge in [0.05, 0.1) is 5.54 Å². The van der Waals surface area contributed by atoms with E-state index in [2.05, 4.69) is 5.73 Å². The van der Waals surface area contributed by atoms with E-state index in [-0.39, 0.29) is 11.0 Å². The molecular weight excluding hydrogens is 166 g/mol. The van der Waals surface area contributed by atoms with Crippen molar-refractivity contribution in [1.82, 2.24) is 0 Å². The van der Waals surface area contributed by atoms with E-state index in [1.165, 1.54) is 19.3 Å². The van der Waals surface area contributed by atoms with E-state index in [1.54, 1.807) is 19.3 Å². The molecule has 0 heterocycles. The fourth-order valence-electron chi connectivity index (χ4n) is 4.29. The highest BCUT2D eigenvalue weighted by Gasteiger charge is 2.51. The van der Waals surface area contributed by atoms with Gasteiger partial charge in [0.1, 0.15) is 0 Å². The Morgan fingerprint density at radius 1 is 0.846 bits per heavy atom. The number of hydrogen-bond donors (Lipinski definition) is 1. The minimum absolute atomic E-state index is 0. The smallest absolute Gasteiger partial charge is 0.0953 e. The molecule has 0 amide bonds. The van der Waals surface area contributed by atoms with E-state index in [1.807, 2.05) is 0 Å². The Morgan fingerprint density at radius 2 is 1.15 bits per heavy atom. The molecule has 0 aromatic heterocycles. The van der Waals surface area contributed by atoms with Crippen LogP contribution >= 0.6 is 0 Å². The second kappa shape index (κ2) is 3.23. The first-order valence-electron chi connectivity index (χ1n) is 5.09. The van der Waals surface area contributed by atoms with Gasteiger partial charge in [-0.15, -0.1) is 0 Å². The van der Waals surface area contributed by atoms with Crippen LogP contribution in [0.15, 0.2) is 0 Å². The summed E-state index contributed by atoms with van der Waals surface area (Å²) in [4.78, 5) is 0. The van der Waals surface area contributed by atoms with Gasteiger partial charge in [-0.25, -0.2) is 0 Å². The average Bonchev–Trinajstić information content (AvgIpc) is 1.79. The summed E-state index contributed by atoms with van der Waals surface area (Å²) < 4.78 is 0. The van der Waals surface area contributed by atoms with E-state index in [0.29, 0.717) is 5.54 Å². The van der Waals surface area contributed by atoms with Crippen molar-refractivity contribution in [3.8, 4) is 0 Å². The lowest BCUT2D eigenvalue weighted by Gasteiger charge is -2.52. The molecule has 4 fully saturated rings. The van der Waals surface area contributed by atoms with Crippen LogP contribution in [0.1, 0.15) is 38.5 Å². The molecule has 0 unspecified atom stereocenters. The summed E-state index contributed by atoms with van der Waals surface area (Å²) in [5.41, 5.74) is 4.98. The number of quaternary nitrogens is 1. The third-order valence-corrected chi connectivity index (χ3v) is 4.17. The summed E-state index contributed by atoms with van der Waals surface area (Å²) in [5.74, 6) is 3.25. The summed E-state index contributed by atoms with van der Waals surface area (Å²) in [6.45, 7) is 0. The summed E-state index contributed by atoms with van der Waals surface area (Å²) in [7, 11) is 0. The highest BCUT2D eigenvalue weighted by atomic mass is 16.0. The van der Waals surface area contributed by atoms with E-state index >= 15 is 0 Å². The third-order valence-electron chi connectivity index (χ3n) is 4.17. The molecule has 3 heteroatoms. The Balaban J connectivity index is 0.000000422. The lowest BCUT2D eigenvalue weighted by atomic mass is 9.53. The molecule has 0 aliphatic heterocycles. The molecule has 0 saturated heterocycles. The zero-order valence-electron chi connectivity index (χ0n) is 8.13. The first-order valence-corrected chi connectivity index (χ1v) is 5.09. The lowest BCUT2D eigenvalue weighted by Crippen LogP contribution is -2.77. The van der Waals surface area contributed by atoms with Gasteiger partial charge in [-0.05, 0) is 37.0 Å². The monoisotopic (exact) mass is 187 g/mol. The van der Waals surface area contributed by atoms with Crippen molar-refractivity contribution in [1.29, 1.82) is 0 Å². The van der Waals surface area contributed by atoms with Crippen molar-refractivity contribution in [3.63, 3.8) is 0 Å². The molecule has 0 spiro atoms. The molecule has 0 radical (unpaired) electrons. The third kappa shape index (κ3) is 1.60. The maximum absolute atomic E-state index is 4.43. The highest BCUT2D eigenvalue weighted by molar-refractivity contribution is 5.00. The van der Waals surface area contributed by atoms with Gasteiger partial charge in [-0.1, -0.05) is 0 Å². The van der Waals surface area contributed by atoms with E-state index in [0.717, 1.165) is 17.8 Å². The average molecular weight is 187 g/mol. The molecule has 6 N–H and O–H groups in total. The van der Waals surface area contributed by atoms with Crippen molar-refractivity contribution in [2.75, 3.05) is 0 Å². The molecular formula is C10H21NO2. The van der Waals surface area contributed by atoms with Crippen LogP contribution in [0.25, 0.3) is 0 Å². The Bertz CT molecular complexity index is 158. The predicted octanol–water partition coefficient (Wildman–Crippen LogP) is 0.196. The minimum Gasteiger partial charge on any atom is -0.870 e. The number of rotatable bonds is 0. The van der Waals surface area contributed by atoms with Crippen LogP contribution < -0.4 is 5.73 Å². The Labute approximate surface area is 79.3 Å². The maximum atomic E-state index is 4.43. The quantitative estimate of drug-likeness (QED) is 0.576. The van der Waals surface area contributed by atoms with Crippen molar-refractivity contribution >= 4 is 0 Å². The molecule has 4 bridgehead atoms. The van der Waals surface area contributed by atoms with Crippen LogP contribution in [0, 0.1) is 17.8 Å². The molecule has 0 aromatic carbocycles. The largest absolute Gasteiger partial charge is 0.870 e. The SMILES string of the molecule is O.[NH3+]C12CC3CC(CC(C3)C1)C2.[OH-]. The molecule has 78 valence electrons. The van der Waals surface area contributed by atoms with Crippen molar-refractivity contribution in [2.45, 2.75) is 44.1 Å². The Kier molecular flexibility index (Phi) is 2.72. The van der Waals surface area contributed by atoms with Gasteiger partial charge in [0.25, 0.3) is 0 Å². The molecule has 13 heavy (non-hydrogen) atoms. The second-order valence-corrected chi connectivity index (χ2v) is 5.42. The normalized spacial score (nSPS) is 51.0. The van der Waals surface area contributed by atoms with Crippen LogP contribution in [-0.2, 0) is 0 Å². The van der Waals surface area contributed by atoms with Crippen LogP contribution in [0.5, 0.6) is 0 Å². The summed E-state index contributed by atoms with van der Waals surface area (Å²) >= 11 is 0. The summed E-state index contributed by atoms with van der Waals surface area (Å²) in [5, 5.41) is 0. The fourth-order valence-corrected chi connectivity index (χ4v) is 4.29. The van der Waals surface area contributed by atoms with Gasteiger partial charge in [0, 0.05) is 19.3 Å². The topological polar surface area (TPSA) is 89.1 Å². The van der Waals surface area contributed by atoms with Crippen LogP contribution in [0.4, 0.5) is 0 Å². The molecule has 0 aromatic rings. The van der Waals surface area contributed by atoms with Crippen LogP contribution in [0.2, 0.25) is 0 Å². The zero-order valence-corrected chi connectivity index (χ0v) is 8.13. The van der Waals surface area contributed by atoms with Crippen LogP contribution in [-0.4, -0.2) is 16.5 Å². The zero-order chi connectivity index (χ0) is 7.47. The molecule has 4 saturated carbocycles. The van der Waals surface area contributed by atoms with Gasteiger partial charge in [0.2, 0.25) is 0 Å². The van der Waals surface area contributed by atoms with Gasteiger partial charge >= 0.3 is 0 Å². The Morgan fingerprint density at radius 3 is 1.38 bits per heavy atom. The molecule has 4 aliphatic carbocycles. The lowest BCUT2D eigenvalue weighted by molar-refractivity contribution is -0.504. The Hall–Kier alpha value is -0.120. The second-order valence-electron chi connectivity index (χ2n) is 5.42. The minimum atomic E-state index is 0. The maximum Gasteiger partial charge on any atom is 0.0953 e. The van der Waals surface area contributed by atoms with Gasteiger partial charge in [-0.3, -0.25) is 0 Å². The predicted molar refractivity (Wildman–Crippen MR) is 49.3 cm³/mol. The summed E-state index contributed by atoms with van der Waals surface area (Å²) in [6.07, 6.45) is 9.02. The van der Waals surface area contributed by atoms with Crippen molar-refractivity contribution in [2.24, 2.45) is 17.8 Å². The van der Waals surface area contributed by atoms with Gasteiger partial charge in [0.15, 0.2) is 0 Å². The standard InChI is InChI=1S/C10H17N.2H2O/c11-10-4-7-1-8(5-10)3-9(2-7)6-10;;/h7-9H,1-6,11H2;2*1H2. The summed E-state index contributed by atoms with van der Waals surface area (Å²) in [6, 6.07) is 0. The van der Waals surface area contributed by atoms with Gasteiger partial charge < -0.3 is 16.7 Å². The molecule has 4 aliphatic rings. The number of hydrogen-bond acceptors (Lipinski definition) is 1.